The van der Waals surface area contributed by atoms with Gasteiger partial charge in [-0.15, -0.1) is 24.0 Å². The second kappa shape index (κ2) is 10.8. The molecule has 0 aromatic heterocycles. The highest BCUT2D eigenvalue weighted by Crippen LogP contribution is 2.45. The maximum Gasteiger partial charge on any atom is 0.193 e. The van der Waals surface area contributed by atoms with Crippen LogP contribution >= 0.6 is 35.6 Å². The fourth-order valence-corrected chi connectivity index (χ4v) is 3.86. The Labute approximate surface area is 182 Å². The van der Waals surface area contributed by atoms with Crippen molar-refractivity contribution in [2.24, 2.45) is 10.9 Å². The standard InChI is InChI=1S/C19H27ClFN3O2.HI/c1-22-19(24-7-6-13(11-24)12-26-9-8-25-2)23-17-10-14(17)18-15(20)4-3-5-16(18)21;/h3-5,13-14,17H,6-12H2,1-2H3,(H,22,23);1H. The molecule has 1 aromatic carbocycles. The van der Waals surface area contributed by atoms with Crippen molar-refractivity contribution < 1.29 is 13.9 Å². The fraction of sp³-hybridized carbons (Fsp3) is 0.632. The van der Waals surface area contributed by atoms with E-state index in [-0.39, 0.29) is 41.8 Å². The minimum atomic E-state index is -0.226. The molecule has 3 unspecified atom stereocenters. The molecule has 1 N–H and O–H groups in total. The van der Waals surface area contributed by atoms with Gasteiger partial charge in [-0.2, -0.15) is 0 Å². The van der Waals surface area contributed by atoms with Gasteiger partial charge in [-0.1, -0.05) is 17.7 Å². The van der Waals surface area contributed by atoms with Crippen LogP contribution in [-0.2, 0) is 9.47 Å². The summed E-state index contributed by atoms with van der Waals surface area (Å²) >= 11 is 6.19. The molecule has 0 amide bonds. The van der Waals surface area contributed by atoms with Crippen LogP contribution in [0.2, 0.25) is 5.02 Å². The lowest BCUT2D eigenvalue weighted by Crippen LogP contribution is -2.41. The van der Waals surface area contributed by atoms with E-state index in [0.717, 1.165) is 38.5 Å². The molecule has 2 fully saturated rings. The molecule has 1 saturated carbocycles. The molecule has 0 radical (unpaired) electrons. The van der Waals surface area contributed by atoms with Crippen LogP contribution in [0.5, 0.6) is 0 Å². The summed E-state index contributed by atoms with van der Waals surface area (Å²) in [6.45, 7) is 3.88. The highest BCUT2D eigenvalue weighted by atomic mass is 127. The van der Waals surface area contributed by atoms with Crippen molar-refractivity contribution in [2.45, 2.75) is 24.8 Å². The largest absolute Gasteiger partial charge is 0.382 e. The zero-order valence-corrected chi connectivity index (χ0v) is 18.9. The van der Waals surface area contributed by atoms with E-state index in [1.54, 1.807) is 26.3 Å². The molecule has 152 valence electrons. The molecule has 3 rings (SSSR count). The second-order valence-electron chi connectivity index (χ2n) is 6.94. The van der Waals surface area contributed by atoms with Crippen LogP contribution in [0, 0.1) is 11.7 Å². The normalized spacial score (nSPS) is 24.7. The van der Waals surface area contributed by atoms with Gasteiger partial charge in [-0.3, -0.25) is 4.99 Å². The summed E-state index contributed by atoms with van der Waals surface area (Å²) in [4.78, 5) is 6.66. The van der Waals surface area contributed by atoms with Gasteiger partial charge in [0.1, 0.15) is 5.82 Å². The quantitative estimate of drug-likeness (QED) is 0.263. The molecular weight excluding hydrogens is 484 g/mol. The predicted molar refractivity (Wildman–Crippen MR) is 117 cm³/mol. The van der Waals surface area contributed by atoms with Gasteiger partial charge in [0.05, 0.1) is 19.8 Å². The van der Waals surface area contributed by atoms with Crippen LogP contribution in [0.1, 0.15) is 24.3 Å². The van der Waals surface area contributed by atoms with Crippen molar-refractivity contribution in [3.63, 3.8) is 0 Å². The topological polar surface area (TPSA) is 46.1 Å². The number of halogens is 3. The first-order chi connectivity index (χ1) is 12.6. The Bertz CT molecular complexity index is 629. The van der Waals surface area contributed by atoms with E-state index in [2.05, 4.69) is 15.2 Å². The van der Waals surface area contributed by atoms with Gasteiger partial charge >= 0.3 is 0 Å². The third-order valence-corrected chi connectivity index (χ3v) is 5.39. The third-order valence-electron chi connectivity index (χ3n) is 5.06. The van der Waals surface area contributed by atoms with E-state index in [0.29, 0.717) is 29.7 Å². The summed E-state index contributed by atoms with van der Waals surface area (Å²) in [5.74, 6) is 1.26. The van der Waals surface area contributed by atoms with Crippen LogP contribution in [0.15, 0.2) is 23.2 Å². The molecule has 5 nitrogen and oxygen atoms in total. The smallest absolute Gasteiger partial charge is 0.193 e. The van der Waals surface area contributed by atoms with Crippen molar-refractivity contribution in [3.8, 4) is 0 Å². The molecule has 0 bridgehead atoms. The average molecular weight is 512 g/mol. The number of rotatable bonds is 7. The molecule has 8 heteroatoms. The minimum Gasteiger partial charge on any atom is -0.382 e. The number of guanidine groups is 1. The van der Waals surface area contributed by atoms with E-state index in [4.69, 9.17) is 21.1 Å². The molecule has 3 atom stereocenters. The zero-order valence-electron chi connectivity index (χ0n) is 15.8. The SMILES string of the molecule is CN=C(NC1CC1c1c(F)cccc1Cl)N1CCC(COCCOC)C1.I. The fourth-order valence-electron chi connectivity index (χ4n) is 3.55. The Hall–Kier alpha value is -0.640. The van der Waals surface area contributed by atoms with Gasteiger partial charge < -0.3 is 19.7 Å². The summed E-state index contributed by atoms with van der Waals surface area (Å²) in [5, 5.41) is 3.98. The first kappa shape index (κ1) is 22.6. The molecule has 0 spiro atoms. The predicted octanol–water partition coefficient (Wildman–Crippen LogP) is 3.51. The lowest BCUT2D eigenvalue weighted by molar-refractivity contribution is 0.0536. The van der Waals surface area contributed by atoms with Gasteiger partial charge in [0.15, 0.2) is 5.96 Å². The molecule has 1 heterocycles. The van der Waals surface area contributed by atoms with Crippen molar-refractivity contribution >= 4 is 41.5 Å². The van der Waals surface area contributed by atoms with E-state index in [1.807, 2.05) is 0 Å². The summed E-state index contributed by atoms with van der Waals surface area (Å²) in [6, 6.07) is 5.04. The summed E-state index contributed by atoms with van der Waals surface area (Å²) in [5.41, 5.74) is 0.618. The van der Waals surface area contributed by atoms with E-state index < -0.39 is 0 Å². The average Bonchev–Trinajstić information content (AvgIpc) is 3.21. The van der Waals surface area contributed by atoms with Crippen LogP contribution in [0.3, 0.4) is 0 Å². The van der Waals surface area contributed by atoms with Crippen molar-refractivity contribution in [1.82, 2.24) is 10.2 Å². The van der Waals surface area contributed by atoms with E-state index >= 15 is 0 Å². The molecule has 2 aliphatic rings. The highest BCUT2D eigenvalue weighted by molar-refractivity contribution is 14.0. The van der Waals surface area contributed by atoms with Crippen molar-refractivity contribution in [2.75, 3.05) is 47.1 Å². The highest BCUT2D eigenvalue weighted by Gasteiger charge is 2.42. The lowest BCUT2D eigenvalue weighted by Gasteiger charge is -2.22. The summed E-state index contributed by atoms with van der Waals surface area (Å²) in [7, 11) is 3.47. The number of nitrogens with zero attached hydrogens (tertiary/aromatic N) is 2. The van der Waals surface area contributed by atoms with Crippen LogP contribution in [-0.4, -0.2) is 64.0 Å². The van der Waals surface area contributed by atoms with Gasteiger partial charge in [0, 0.05) is 55.7 Å². The first-order valence-corrected chi connectivity index (χ1v) is 9.50. The lowest BCUT2D eigenvalue weighted by atomic mass is 10.1. The molecule has 1 aromatic rings. The van der Waals surface area contributed by atoms with Gasteiger partial charge in [0.2, 0.25) is 0 Å². The Kier molecular flexibility index (Phi) is 9.04. The summed E-state index contributed by atoms with van der Waals surface area (Å²) < 4.78 is 24.7. The molecule has 1 aliphatic heterocycles. The number of nitrogens with one attached hydrogen (secondary N) is 1. The number of aliphatic imine (C=N–C) groups is 1. The third kappa shape index (κ3) is 5.92. The van der Waals surface area contributed by atoms with Gasteiger partial charge in [-0.05, 0) is 25.0 Å². The zero-order chi connectivity index (χ0) is 18.5. The molecule has 1 saturated heterocycles. The second-order valence-corrected chi connectivity index (χ2v) is 7.35. The Morgan fingerprint density at radius 3 is 2.93 bits per heavy atom. The minimum absolute atomic E-state index is 0. The van der Waals surface area contributed by atoms with E-state index in [1.165, 1.54) is 6.07 Å². The number of ether oxygens (including phenoxy) is 2. The van der Waals surface area contributed by atoms with E-state index in [9.17, 15) is 4.39 Å². The molecule has 27 heavy (non-hydrogen) atoms. The van der Waals surface area contributed by atoms with Gasteiger partial charge in [-0.25, -0.2) is 4.39 Å². The Morgan fingerprint density at radius 1 is 1.41 bits per heavy atom. The maximum atomic E-state index is 14.1. The van der Waals surface area contributed by atoms with Crippen molar-refractivity contribution in [3.05, 3.63) is 34.6 Å². The number of hydrogen-bond donors (Lipinski definition) is 1. The Balaban J connectivity index is 0.00000261. The van der Waals surface area contributed by atoms with Crippen LogP contribution < -0.4 is 5.32 Å². The number of benzene rings is 1. The van der Waals surface area contributed by atoms with Crippen molar-refractivity contribution in [1.29, 1.82) is 0 Å². The monoisotopic (exact) mass is 511 g/mol. The van der Waals surface area contributed by atoms with Crippen LogP contribution in [0.4, 0.5) is 4.39 Å². The summed E-state index contributed by atoms with van der Waals surface area (Å²) in [6.07, 6.45) is 1.96. The number of likely N-dealkylation sites (tertiary alicyclic amines) is 1. The number of hydrogen-bond acceptors (Lipinski definition) is 3. The Morgan fingerprint density at radius 2 is 2.22 bits per heavy atom. The van der Waals surface area contributed by atoms with Crippen LogP contribution in [0.25, 0.3) is 0 Å². The maximum absolute atomic E-state index is 14.1. The molecular formula is C19H28ClFIN3O2. The molecule has 1 aliphatic carbocycles. The first-order valence-electron chi connectivity index (χ1n) is 9.13. The number of methoxy groups -OCH3 is 1. The van der Waals surface area contributed by atoms with Gasteiger partial charge in [0.25, 0.3) is 0 Å².